The van der Waals surface area contributed by atoms with Gasteiger partial charge in [-0.05, 0) is 75.1 Å². The zero-order chi connectivity index (χ0) is 20.1. The fourth-order valence-corrected chi connectivity index (χ4v) is 3.34. The molecular formula is C23H28N2O3. The fourth-order valence-electron chi connectivity index (χ4n) is 3.34. The smallest absolute Gasteiger partial charge is 0.349 e. The Morgan fingerprint density at radius 1 is 1.14 bits per heavy atom. The molecule has 0 fully saturated rings. The molecule has 0 amide bonds. The number of aryl methyl sites for hydroxylation is 1. The van der Waals surface area contributed by atoms with E-state index < -0.39 is 5.60 Å². The SMILES string of the molecule is CCCn1cc(Cc2ccncc2)c2cc(OC(C)(C)C(=O)OCC)ccc21. The number of benzene rings is 1. The maximum atomic E-state index is 12.2. The number of ether oxygens (including phenoxy) is 2. The van der Waals surface area contributed by atoms with E-state index in [1.54, 1.807) is 20.8 Å². The van der Waals surface area contributed by atoms with E-state index in [4.69, 9.17) is 9.47 Å². The molecule has 5 nitrogen and oxygen atoms in total. The first-order chi connectivity index (χ1) is 13.4. The third-order valence-corrected chi connectivity index (χ3v) is 4.68. The van der Waals surface area contributed by atoms with Crippen molar-refractivity contribution >= 4 is 16.9 Å². The number of hydrogen-bond donors (Lipinski definition) is 0. The highest BCUT2D eigenvalue weighted by molar-refractivity contribution is 5.86. The first-order valence-electron chi connectivity index (χ1n) is 9.81. The van der Waals surface area contributed by atoms with E-state index in [9.17, 15) is 4.79 Å². The normalized spacial score (nSPS) is 11.6. The van der Waals surface area contributed by atoms with Gasteiger partial charge in [0.1, 0.15) is 5.75 Å². The van der Waals surface area contributed by atoms with Gasteiger partial charge in [-0.2, -0.15) is 0 Å². The molecule has 28 heavy (non-hydrogen) atoms. The Hall–Kier alpha value is -2.82. The molecule has 0 saturated heterocycles. The van der Waals surface area contributed by atoms with Crippen LogP contribution in [0.25, 0.3) is 10.9 Å². The minimum atomic E-state index is -1.04. The summed E-state index contributed by atoms with van der Waals surface area (Å²) < 4.78 is 13.4. The molecule has 2 aromatic heterocycles. The molecular weight excluding hydrogens is 352 g/mol. The molecule has 0 aliphatic carbocycles. The predicted molar refractivity (Wildman–Crippen MR) is 111 cm³/mol. The Labute approximate surface area is 166 Å². The number of esters is 1. The minimum Gasteiger partial charge on any atom is -0.476 e. The van der Waals surface area contributed by atoms with Crippen molar-refractivity contribution in [1.82, 2.24) is 9.55 Å². The summed E-state index contributed by atoms with van der Waals surface area (Å²) in [6.07, 6.45) is 7.73. The van der Waals surface area contributed by atoms with Crippen LogP contribution < -0.4 is 4.74 Å². The van der Waals surface area contributed by atoms with Crippen LogP contribution in [-0.2, 0) is 22.5 Å². The maximum absolute atomic E-state index is 12.2. The van der Waals surface area contributed by atoms with Gasteiger partial charge in [0, 0.05) is 36.0 Å². The lowest BCUT2D eigenvalue weighted by atomic mass is 10.0. The number of pyridine rings is 1. The number of rotatable bonds is 8. The molecule has 0 spiro atoms. The largest absolute Gasteiger partial charge is 0.476 e. The second-order valence-corrected chi connectivity index (χ2v) is 7.39. The Morgan fingerprint density at radius 3 is 2.57 bits per heavy atom. The Morgan fingerprint density at radius 2 is 1.89 bits per heavy atom. The van der Waals surface area contributed by atoms with Crippen LogP contribution in [0.3, 0.4) is 0 Å². The zero-order valence-corrected chi connectivity index (χ0v) is 17.1. The van der Waals surface area contributed by atoms with Gasteiger partial charge in [0.2, 0.25) is 0 Å². The van der Waals surface area contributed by atoms with Crippen LogP contribution >= 0.6 is 0 Å². The minimum absolute atomic E-state index is 0.334. The number of nitrogens with zero attached hydrogens (tertiary/aromatic N) is 2. The van der Waals surface area contributed by atoms with E-state index in [-0.39, 0.29) is 5.97 Å². The Balaban J connectivity index is 1.96. The van der Waals surface area contributed by atoms with E-state index in [0.717, 1.165) is 24.8 Å². The molecule has 2 heterocycles. The summed E-state index contributed by atoms with van der Waals surface area (Å²) in [5.41, 5.74) is 2.57. The van der Waals surface area contributed by atoms with Gasteiger partial charge in [0.05, 0.1) is 6.61 Å². The monoisotopic (exact) mass is 380 g/mol. The summed E-state index contributed by atoms with van der Waals surface area (Å²) >= 11 is 0. The molecule has 3 aromatic rings. The van der Waals surface area contributed by atoms with Crippen LogP contribution in [0.2, 0.25) is 0 Å². The molecule has 0 atom stereocenters. The third-order valence-electron chi connectivity index (χ3n) is 4.68. The summed E-state index contributed by atoms with van der Waals surface area (Å²) in [5, 5.41) is 1.14. The van der Waals surface area contributed by atoms with Crippen molar-refractivity contribution in [2.75, 3.05) is 6.61 Å². The molecule has 5 heteroatoms. The van der Waals surface area contributed by atoms with Crippen LogP contribution in [0, 0.1) is 0 Å². The fraction of sp³-hybridized carbons (Fsp3) is 0.391. The van der Waals surface area contributed by atoms with Gasteiger partial charge in [-0.15, -0.1) is 0 Å². The van der Waals surface area contributed by atoms with Crippen LogP contribution in [0.5, 0.6) is 5.75 Å². The second kappa shape index (κ2) is 8.46. The predicted octanol–water partition coefficient (Wildman–Crippen LogP) is 4.76. The van der Waals surface area contributed by atoms with E-state index in [1.807, 2.05) is 36.7 Å². The first kappa shape index (κ1) is 19.9. The number of aromatic nitrogens is 2. The van der Waals surface area contributed by atoms with E-state index in [1.165, 1.54) is 16.6 Å². The van der Waals surface area contributed by atoms with Crippen molar-refractivity contribution in [2.45, 2.75) is 52.7 Å². The summed E-state index contributed by atoms with van der Waals surface area (Å²) in [6.45, 7) is 8.72. The second-order valence-electron chi connectivity index (χ2n) is 7.39. The number of hydrogen-bond acceptors (Lipinski definition) is 4. The lowest BCUT2D eigenvalue weighted by Gasteiger charge is -2.24. The Bertz CT molecular complexity index is 945. The highest BCUT2D eigenvalue weighted by Crippen LogP contribution is 2.30. The zero-order valence-electron chi connectivity index (χ0n) is 17.1. The van der Waals surface area contributed by atoms with Crippen LogP contribution in [-0.4, -0.2) is 27.7 Å². The third kappa shape index (κ3) is 4.35. The van der Waals surface area contributed by atoms with E-state index in [2.05, 4.69) is 28.7 Å². The molecule has 0 saturated carbocycles. The topological polar surface area (TPSA) is 53.4 Å². The molecule has 0 unspecified atom stereocenters. The highest BCUT2D eigenvalue weighted by Gasteiger charge is 2.31. The van der Waals surface area contributed by atoms with Crippen LogP contribution in [0.1, 0.15) is 45.2 Å². The Kier molecular flexibility index (Phi) is 6.02. The van der Waals surface area contributed by atoms with E-state index in [0.29, 0.717) is 12.4 Å². The lowest BCUT2D eigenvalue weighted by Crippen LogP contribution is -2.39. The van der Waals surface area contributed by atoms with Gasteiger partial charge < -0.3 is 14.0 Å². The van der Waals surface area contributed by atoms with Crippen molar-refractivity contribution in [3.05, 3.63) is 60.0 Å². The van der Waals surface area contributed by atoms with Gasteiger partial charge >= 0.3 is 5.97 Å². The standard InChI is InChI=1S/C23H28N2O3/c1-5-13-25-16-18(14-17-9-11-24-12-10-17)20-15-19(7-8-21(20)25)28-23(3,4)22(26)27-6-2/h7-12,15-16H,5-6,13-14H2,1-4H3. The maximum Gasteiger partial charge on any atom is 0.349 e. The van der Waals surface area contributed by atoms with Crippen molar-refractivity contribution in [1.29, 1.82) is 0 Å². The number of carbonyl (C=O) groups excluding carboxylic acids is 1. The number of carbonyl (C=O) groups is 1. The quantitative estimate of drug-likeness (QED) is 0.529. The summed E-state index contributed by atoms with van der Waals surface area (Å²) in [4.78, 5) is 16.3. The molecule has 0 aliphatic rings. The molecule has 148 valence electrons. The summed E-state index contributed by atoms with van der Waals surface area (Å²) in [6, 6.07) is 10.1. The van der Waals surface area contributed by atoms with Crippen molar-refractivity contribution in [3.63, 3.8) is 0 Å². The number of fused-ring (bicyclic) bond motifs is 1. The van der Waals surface area contributed by atoms with Crippen LogP contribution in [0.15, 0.2) is 48.9 Å². The van der Waals surface area contributed by atoms with E-state index >= 15 is 0 Å². The highest BCUT2D eigenvalue weighted by atomic mass is 16.6. The van der Waals surface area contributed by atoms with Gasteiger partial charge in [0.25, 0.3) is 0 Å². The van der Waals surface area contributed by atoms with Gasteiger partial charge in [-0.1, -0.05) is 6.92 Å². The van der Waals surface area contributed by atoms with Crippen molar-refractivity contribution < 1.29 is 14.3 Å². The summed E-state index contributed by atoms with van der Waals surface area (Å²) in [7, 11) is 0. The average molecular weight is 380 g/mol. The lowest BCUT2D eigenvalue weighted by molar-refractivity contribution is -0.158. The van der Waals surface area contributed by atoms with Gasteiger partial charge in [-0.3, -0.25) is 4.98 Å². The molecule has 1 aromatic carbocycles. The average Bonchev–Trinajstić information content (AvgIpc) is 2.99. The van der Waals surface area contributed by atoms with Crippen LogP contribution in [0.4, 0.5) is 0 Å². The summed E-state index contributed by atoms with van der Waals surface area (Å²) in [5.74, 6) is 0.298. The molecule has 0 aliphatic heterocycles. The molecule has 0 N–H and O–H groups in total. The first-order valence-corrected chi connectivity index (χ1v) is 9.81. The van der Waals surface area contributed by atoms with Crippen molar-refractivity contribution in [2.24, 2.45) is 0 Å². The van der Waals surface area contributed by atoms with Gasteiger partial charge in [0.15, 0.2) is 5.60 Å². The molecule has 0 bridgehead atoms. The molecule has 0 radical (unpaired) electrons. The van der Waals surface area contributed by atoms with Gasteiger partial charge in [-0.25, -0.2) is 4.79 Å². The molecule has 3 rings (SSSR count). The van der Waals surface area contributed by atoms with Crippen molar-refractivity contribution in [3.8, 4) is 5.75 Å².